The first-order valence-electron chi connectivity index (χ1n) is 8.06. The van der Waals surface area contributed by atoms with Crippen LogP contribution < -0.4 is 15.1 Å². The van der Waals surface area contributed by atoms with E-state index in [0.29, 0.717) is 6.04 Å². The van der Waals surface area contributed by atoms with E-state index in [2.05, 4.69) is 18.3 Å². The molecule has 0 radical (unpaired) electrons. The topological polar surface area (TPSA) is 25.5 Å². The maximum Gasteiger partial charge on any atom is 0.166 e. The molecule has 0 spiro atoms. The fraction of sp³-hybridized carbons (Fsp3) is 0.625. The Bertz CT molecular complexity index is 455. The highest BCUT2D eigenvalue weighted by atomic mass is 19.1. The number of hydrogen-bond donors (Lipinski definition) is 3. The summed E-state index contributed by atoms with van der Waals surface area (Å²) < 4.78 is 14.2. The third kappa shape index (κ3) is 2.73. The third-order valence-electron chi connectivity index (χ3n) is 4.95. The van der Waals surface area contributed by atoms with Gasteiger partial charge in [-0.05, 0) is 12.5 Å². The van der Waals surface area contributed by atoms with Crippen LogP contribution in [0.3, 0.4) is 0 Å². The highest BCUT2D eigenvalue weighted by Crippen LogP contribution is 2.20. The molecule has 1 fully saturated rings. The lowest BCUT2D eigenvalue weighted by Gasteiger charge is -2.36. The van der Waals surface area contributed by atoms with Crippen molar-refractivity contribution in [2.45, 2.75) is 25.9 Å². The fourth-order valence-electron chi connectivity index (χ4n) is 3.92. The van der Waals surface area contributed by atoms with Gasteiger partial charge >= 0.3 is 0 Å². The van der Waals surface area contributed by atoms with Crippen LogP contribution in [0.5, 0.6) is 0 Å². The number of piperazine rings is 1. The summed E-state index contributed by atoms with van der Waals surface area (Å²) >= 11 is 0. The van der Waals surface area contributed by atoms with Crippen molar-refractivity contribution in [3.8, 4) is 0 Å². The lowest BCUT2D eigenvalue weighted by atomic mass is 9.94. The van der Waals surface area contributed by atoms with E-state index in [1.54, 1.807) is 15.9 Å². The highest BCUT2D eigenvalue weighted by molar-refractivity contribution is 5.30. The van der Waals surface area contributed by atoms with Gasteiger partial charge in [0.05, 0.1) is 12.1 Å². The summed E-state index contributed by atoms with van der Waals surface area (Å²) in [5.41, 5.74) is 2.21. The summed E-state index contributed by atoms with van der Waals surface area (Å²) in [6.45, 7) is 10.4. The molecule has 3 rings (SSSR count). The van der Waals surface area contributed by atoms with Crippen molar-refractivity contribution in [3.05, 3.63) is 35.1 Å². The summed E-state index contributed by atoms with van der Waals surface area (Å²) in [4.78, 5) is 3.32. The normalized spacial score (nSPS) is 30.0. The first-order chi connectivity index (χ1) is 9.79. The molecule has 0 unspecified atom stereocenters. The van der Waals surface area contributed by atoms with Gasteiger partial charge in [0.2, 0.25) is 0 Å². The number of benzene rings is 1. The van der Waals surface area contributed by atoms with Gasteiger partial charge in [0, 0.05) is 5.56 Å². The largest absolute Gasteiger partial charge is 0.337 e. The number of fused-ring (bicyclic) bond motifs is 1. The molecule has 0 bridgehead atoms. The summed E-state index contributed by atoms with van der Waals surface area (Å²) in [5, 5.41) is 2.34. The van der Waals surface area contributed by atoms with Crippen molar-refractivity contribution in [2.75, 3.05) is 39.3 Å². The van der Waals surface area contributed by atoms with E-state index in [4.69, 9.17) is 0 Å². The van der Waals surface area contributed by atoms with Crippen molar-refractivity contribution in [1.82, 2.24) is 0 Å². The van der Waals surface area contributed by atoms with E-state index in [9.17, 15) is 4.39 Å². The first kappa shape index (κ1) is 14.0. The van der Waals surface area contributed by atoms with E-state index in [-0.39, 0.29) is 5.82 Å². The van der Waals surface area contributed by atoms with Gasteiger partial charge < -0.3 is 15.1 Å². The van der Waals surface area contributed by atoms with Gasteiger partial charge in [0.1, 0.15) is 45.1 Å². The Balaban J connectivity index is 1.74. The highest BCUT2D eigenvalue weighted by Gasteiger charge is 2.36. The number of nitrogens with two attached hydrogens (primary N) is 1. The molecule has 2 aliphatic heterocycles. The van der Waals surface area contributed by atoms with Crippen LogP contribution in [0.15, 0.2) is 18.2 Å². The minimum absolute atomic E-state index is 0.0106. The van der Waals surface area contributed by atoms with Crippen molar-refractivity contribution in [3.63, 3.8) is 0 Å². The van der Waals surface area contributed by atoms with Gasteiger partial charge in [-0.1, -0.05) is 19.1 Å². The maximum atomic E-state index is 14.2. The molecule has 0 saturated carbocycles. The molecule has 20 heavy (non-hydrogen) atoms. The van der Waals surface area contributed by atoms with Crippen molar-refractivity contribution in [1.29, 1.82) is 0 Å². The van der Waals surface area contributed by atoms with Crippen LogP contribution in [0.2, 0.25) is 0 Å². The monoisotopic (exact) mass is 280 g/mol. The minimum atomic E-state index is 0.0106. The summed E-state index contributed by atoms with van der Waals surface area (Å²) in [7, 11) is 0. The molecular formula is C16H27FN3+3. The molecule has 2 heterocycles. The molecule has 4 heteroatoms. The Morgan fingerprint density at radius 1 is 1.25 bits per heavy atom. The smallest absolute Gasteiger partial charge is 0.166 e. The van der Waals surface area contributed by atoms with Gasteiger partial charge in [-0.2, -0.15) is 0 Å². The van der Waals surface area contributed by atoms with Crippen molar-refractivity contribution >= 4 is 0 Å². The SMILES string of the molecule is CCC[NH+]1CC[NH+]([C@H]2C[NH2+]Cc3cccc(F)c32)CC1. The molecule has 1 atom stereocenters. The van der Waals surface area contributed by atoms with E-state index >= 15 is 0 Å². The van der Waals surface area contributed by atoms with E-state index in [1.807, 2.05) is 6.07 Å². The molecule has 1 aromatic rings. The van der Waals surface area contributed by atoms with Crippen LogP contribution in [-0.4, -0.2) is 39.3 Å². The van der Waals surface area contributed by atoms with Crippen LogP contribution in [0.4, 0.5) is 4.39 Å². The predicted molar refractivity (Wildman–Crippen MR) is 76.2 cm³/mol. The molecule has 1 aromatic carbocycles. The average Bonchev–Trinajstić information content (AvgIpc) is 2.48. The second-order valence-electron chi connectivity index (χ2n) is 6.25. The number of hydrogen-bond acceptors (Lipinski definition) is 0. The van der Waals surface area contributed by atoms with Gasteiger partial charge in [-0.25, -0.2) is 4.39 Å². The van der Waals surface area contributed by atoms with Crippen molar-refractivity contribution in [2.24, 2.45) is 0 Å². The first-order valence-corrected chi connectivity index (χ1v) is 8.06. The number of halogens is 1. The zero-order valence-corrected chi connectivity index (χ0v) is 12.4. The second-order valence-corrected chi connectivity index (χ2v) is 6.25. The van der Waals surface area contributed by atoms with Crippen LogP contribution in [-0.2, 0) is 6.54 Å². The standard InChI is InChI=1S/C16H24FN3/c1-2-6-19-7-9-20(10-8-19)15-12-18-11-13-4-3-5-14(17)16(13)15/h3-5,15,18H,2,6-12H2,1H3/p+3/t15-/m0/s1. The summed E-state index contributed by atoms with van der Waals surface area (Å²) in [5.74, 6) is 0.0106. The molecule has 0 aromatic heterocycles. The van der Waals surface area contributed by atoms with E-state index in [1.165, 1.54) is 44.7 Å². The quantitative estimate of drug-likeness (QED) is 0.579. The van der Waals surface area contributed by atoms with E-state index in [0.717, 1.165) is 18.7 Å². The van der Waals surface area contributed by atoms with E-state index < -0.39 is 0 Å². The molecule has 4 N–H and O–H groups in total. The zero-order valence-electron chi connectivity index (χ0n) is 12.4. The third-order valence-corrected chi connectivity index (χ3v) is 4.95. The molecule has 110 valence electrons. The Morgan fingerprint density at radius 2 is 2.05 bits per heavy atom. The molecular weight excluding hydrogens is 253 g/mol. The number of quaternary nitrogens is 3. The van der Waals surface area contributed by atoms with Crippen LogP contribution in [0, 0.1) is 5.82 Å². The molecule has 0 amide bonds. The van der Waals surface area contributed by atoms with Crippen molar-refractivity contribution < 1.29 is 19.5 Å². The average molecular weight is 280 g/mol. The molecule has 3 nitrogen and oxygen atoms in total. The van der Waals surface area contributed by atoms with Gasteiger partial charge in [0.25, 0.3) is 0 Å². The molecule has 0 aliphatic carbocycles. The Kier molecular flexibility index (Phi) is 4.34. The number of rotatable bonds is 3. The Hall–Kier alpha value is -0.970. The molecule has 1 saturated heterocycles. The lowest BCUT2D eigenvalue weighted by molar-refractivity contribution is -1.03. The number of nitrogens with one attached hydrogen (secondary N) is 2. The predicted octanol–water partition coefficient (Wildman–Crippen LogP) is -1.86. The molecule has 2 aliphatic rings. The van der Waals surface area contributed by atoms with Gasteiger partial charge in [-0.15, -0.1) is 0 Å². The van der Waals surface area contributed by atoms with Gasteiger partial charge in [0.15, 0.2) is 6.04 Å². The maximum absolute atomic E-state index is 14.2. The summed E-state index contributed by atoms with van der Waals surface area (Å²) in [6, 6.07) is 5.93. The van der Waals surface area contributed by atoms with Crippen LogP contribution in [0.1, 0.15) is 30.5 Å². The Morgan fingerprint density at radius 3 is 2.80 bits per heavy atom. The second kappa shape index (κ2) is 6.20. The van der Waals surface area contributed by atoms with Crippen LogP contribution in [0.25, 0.3) is 0 Å². The lowest BCUT2D eigenvalue weighted by Crippen LogP contribution is -3.29. The zero-order chi connectivity index (χ0) is 13.9. The van der Waals surface area contributed by atoms with Gasteiger partial charge in [-0.3, -0.25) is 0 Å². The summed E-state index contributed by atoms with van der Waals surface area (Å²) in [6.07, 6.45) is 1.26. The fourth-order valence-corrected chi connectivity index (χ4v) is 3.92. The van der Waals surface area contributed by atoms with Crippen LogP contribution >= 0.6 is 0 Å². The Labute approximate surface area is 120 Å². The minimum Gasteiger partial charge on any atom is -0.337 e.